The highest BCUT2D eigenvalue weighted by atomic mass is 16.5. The normalized spacial score (nSPS) is 20.9. The maximum Gasteiger partial charge on any atom is 0.267 e. The second-order valence-electron chi connectivity index (χ2n) is 5.02. The molecule has 18 heavy (non-hydrogen) atoms. The van der Waals surface area contributed by atoms with Gasteiger partial charge in [0.2, 0.25) is 5.91 Å². The van der Waals surface area contributed by atoms with E-state index in [4.69, 9.17) is 4.74 Å². The summed E-state index contributed by atoms with van der Waals surface area (Å²) in [7, 11) is 1.69. The molecule has 1 fully saturated rings. The molecule has 6 nitrogen and oxygen atoms in total. The van der Waals surface area contributed by atoms with E-state index in [9.17, 15) is 9.59 Å². The molecule has 0 bridgehead atoms. The van der Waals surface area contributed by atoms with Crippen molar-refractivity contribution in [2.45, 2.75) is 32.1 Å². The van der Waals surface area contributed by atoms with Crippen LogP contribution in [0.15, 0.2) is 5.10 Å². The van der Waals surface area contributed by atoms with Crippen molar-refractivity contribution >= 4 is 17.5 Å². The highest BCUT2D eigenvalue weighted by molar-refractivity contribution is 6.39. The molecule has 0 aromatic rings. The molecule has 2 N–H and O–H groups in total. The molecule has 0 aromatic carbocycles. The minimum Gasteiger partial charge on any atom is -0.385 e. The molecule has 2 rings (SSSR count). The summed E-state index contributed by atoms with van der Waals surface area (Å²) in [6, 6.07) is 0. The number of ether oxygens (including phenoxy) is 1. The molecule has 1 saturated carbocycles. The second kappa shape index (κ2) is 5.48. The van der Waals surface area contributed by atoms with Crippen LogP contribution in [0.1, 0.15) is 32.1 Å². The minimum atomic E-state index is -0.168. The molecule has 100 valence electrons. The maximum absolute atomic E-state index is 11.8. The number of carbonyl (C=O) groups is 2. The first-order valence-electron chi connectivity index (χ1n) is 6.28. The Morgan fingerprint density at radius 1 is 1.50 bits per heavy atom. The first-order chi connectivity index (χ1) is 8.65. The van der Waals surface area contributed by atoms with Crippen molar-refractivity contribution in [2.75, 3.05) is 20.3 Å². The average molecular weight is 253 g/mol. The van der Waals surface area contributed by atoms with Crippen LogP contribution in [0.4, 0.5) is 0 Å². The van der Waals surface area contributed by atoms with E-state index in [0.29, 0.717) is 25.1 Å². The van der Waals surface area contributed by atoms with Gasteiger partial charge >= 0.3 is 0 Å². The lowest BCUT2D eigenvalue weighted by molar-refractivity contribution is -0.121. The van der Waals surface area contributed by atoms with Gasteiger partial charge in [0.1, 0.15) is 5.71 Å². The fourth-order valence-electron chi connectivity index (χ4n) is 2.02. The first kappa shape index (κ1) is 13.0. The number of nitrogens with zero attached hydrogens (tertiary/aromatic N) is 1. The van der Waals surface area contributed by atoms with Crippen LogP contribution < -0.4 is 10.7 Å². The summed E-state index contributed by atoms with van der Waals surface area (Å²) in [6.45, 7) is 1.40. The van der Waals surface area contributed by atoms with Gasteiger partial charge in [0.25, 0.3) is 5.91 Å². The highest BCUT2D eigenvalue weighted by Crippen LogP contribution is 2.48. The summed E-state index contributed by atoms with van der Waals surface area (Å²) in [5.74, 6) is -0.302. The number of methoxy groups -OCH3 is 1. The first-order valence-corrected chi connectivity index (χ1v) is 6.28. The lowest BCUT2D eigenvalue weighted by atomic mass is 10.0. The van der Waals surface area contributed by atoms with Gasteiger partial charge in [-0.25, -0.2) is 5.43 Å². The van der Waals surface area contributed by atoms with E-state index in [1.807, 2.05) is 0 Å². The van der Waals surface area contributed by atoms with Gasteiger partial charge in [0, 0.05) is 33.1 Å². The number of hydrogen-bond donors (Lipinski definition) is 2. The van der Waals surface area contributed by atoms with Gasteiger partial charge < -0.3 is 10.1 Å². The number of amides is 2. The molecule has 0 atom stereocenters. The van der Waals surface area contributed by atoms with Crippen molar-refractivity contribution in [3.05, 3.63) is 0 Å². The van der Waals surface area contributed by atoms with E-state index in [0.717, 1.165) is 25.9 Å². The summed E-state index contributed by atoms with van der Waals surface area (Å²) < 4.78 is 5.07. The largest absolute Gasteiger partial charge is 0.385 e. The van der Waals surface area contributed by atoms with Crippen LogP contribution in [0.5, 0.6) is 0 Å². The average Bonchev–Trinajstić information content (AvgIpc) is 3.15. The maximum atomic E-state index is 11.8. The fraction of sp³-hybridized carbons (Fsp3) is 0.750. The van der Waals surface area contributed by atoms with E-state index in [1.54, 1.807) is 7.11 Å². The molecule has 0 spiro atoms. The van der Waals surface area contributed by atoms with Gasteiger partial charge in [0.15, 0.2) is 0 Å². The Labute approximate surface area is 106 Å². The lowest BCUT2D eigenvalue weighted by Crippen LogP contribution is -2.39. The third-order valence-corrected chi connectivity index (χ3v) is 3.58. The third kappa shape index (κ3) is 3.29. The van der Waals surface area contributed by atoms with E-state index in [-0.39, 0.29) is 17.2 Å². The smallest absolute Gasteiger partial charge is 0.267 e. The third-order valence-electron chi connectivity index (χ3n) is 3.58. The number of carbonyl (C=O) groups excluding carboxylic acids is 2. The monoisotopic (exact) mass is 253 g/mol. The zero-order valence-electron chi connectivity index (χ0n) is 10.6. The Morgan fingerprint density at radius 3 is 2.83 bits per heavy atom. The molecule has 2 amide bonds. The van der Waals surface area contributed by atoms with Crippen molar-refractivity contribution < 1.29 is 14.3 Å². The van der Waals surface area contributed by atoms with Gasteiger partial charge in [0.05, 0.1) is 0 Å². The van der Waals surface area contributed by atoms with Crippen LogP contribution in [0.25, 0.3) is 0 Å². The number of rotatable bonds is 6. The van der Waals surface area contributed by atoms with Crippen molar-refractivity contribution in [1.82, 2.24) is 10.7 Å². The fourth-order valence-corrected chi connectivity index (χ4v) is 2.02. The molecule has 1 aliphatic heterocycles. The molecule has 0 unspecified atom stereocenters. The van der Waals surface area contributed by atoms with Crippen molar-refractivity contribution in [1.29, 1.82) is 0 Å². The molecule has 0 radical (unpaired) electrons. The Hall–Kier alpha value is -1.43. The van der Waals surface area contributed by atoms with Gasteiger partial charge in [-0.1, -0.05) is 0 Å². The predicted octanol–water partition coefficient (Wildman–Crippen LogP) is 0.185. The number of hydrazone groups is 1. The Bertz CT molecular complexity index is 375. The van der Waals surface area contributed by atoms with Gasteiger partial charge in [-0.2, -0.15) is 5.10 Å². The standard InChI is InChI=1S/C12H19N3O3/c1-18-7-6-12(4-5-12)8-13-11(17)9-2-3-10(16)15-14-9/h2-8H2,1H3,(H,13,17)(H,15,16). The van der Waals surface area contributed by atoms with Crippen molar-refractivity contribution in [3.8, 4) is 0 Å². The molecule has 6 heteroatoms. The summed E-state index contributed by atoms with van der Waals surface area (Å²) in [5, 5.41) is 6.68. The van der Waals surface area contributed by atoms with Gasteiger partial charge in [-0.3, -0.25) is 9.59 Å². The molecular weight excluding hydrogens is 234 g/mol. The summed E-state index contributed by atoms with van der Waals surface area (Å²) in [4.78, 5) is 22.7. The molecule has 0 saturated heterocycles. The van der Waals surface area contributed by atoms with Crippen LogP contribution in [0, 0.1) is 5.41 Å². The SMILES string of the molecule is COCCC1(CNC(=O)C2=NNC(=O)CC2)CC1. The van der Waals surface area contributed by atoms with E-state index < -0.39 is 0 Å². The predicted molar refractivity (Wildman–Crippen MR) is 66.0 cm³/mol. The second-order valence-corrected chi connectivity index (χ2v) is 5.02. The summed E-state index contributed by atoms with van der Waals surface area (Å²) in [5.41, 5.74) is 2.97. The Kier molecular flexibility index (Phi) is 3.96. The Morgan fingerprint density at radius 2 is 2.28 bits per heavy atom. The van der Waals surface area contributed by atoms with Crippen LogP contribution in [-0.2, 0) is 14.3 Å². The number of hydrogen-bond acceptors (Lipinski definition) is 4. The van der Waals surface area contributed by atoms with E-state index >= 15 is 0 Å². The molecule has 1 aliphatic carbocycles. The van der Waals surface area contributed by atoms with Crippen LogP contribution in [0.3, 0.4) is 0 Å². The minimum absolute atomic E-state index is 0.134. The number of nitrogens with one attached hydrogen (secondary N) is 2. The van der Waals surface area contributed by atoms with Crippen molar-refractivity contribution in [2.24, 2.45) is 10.5 Å². The molecular formula is C12H19N3O3. The van der Waals surface area contributed by atoms with Crippen LogP contribution in [0.2, 0.25) is 0 Å². The summed E-state index contributed by atoms with van der Waals surface area (Å²) in [6.07, 6.45) is 4.01. The molecule has 1 heterocycles. The zero-order valence-corrected chi connectivity index (χ0v) is 10.6. The van der Waals surface area contributed by atoms with Gasteiger partial charge in [-0.15, -0.1) is 0 Å². The molecule has 0 aromatic heterocycles. The quantitative estimate of drug-likeness (QED) is 0.709. The van der Waals surface area contributed by atoms with Crippen molar-refractivity contribution in [3.63, 3.8) is 0 Å². The molecule has 2 aliphatic rings. The van der Waals surface area contributed by atoms with Gasteiger partial charge in [-0.05, 0) is 24.7 Å². The lowest BCUT2D eigenvalue weighted by Gasteiger charge is -2.17. The van der Waals surface area contributed by atoms with E-state index in [2.05, 4.69) is 15.8 Å². The van der Waals surface area contributed by atoms with Crippen LogP contribution >= 0.6 is 0 Å². The van der Waals surface area contributed by atoms with E-state index in [1.165, 1.54) is 0 Å². The summed E-state index contributed by atoms with van der Waals surface area (Å²) >= 11 is 0. The van der Waals surface area contributed by atoms with Crippen LogP contribution in [-0.4, -0.2) is 37.8 Å². The highest BCUT2D eigenvalue weighted by Gasteiger charge is 2.42. The topological polar surface area (TPSA) is 79.8 Å². The Balaban J connectivity index is 1.77. The zero-order chi connectivity index (χ0) is 13.0.